The summed E-state index contributed by atoms with van der Waals surface area (Å²) in [7, 11) is 0. The van der Waals surface area contributed by atoms with Crippen LogP contribution in [0.3, 0.4) is 0 Å². The molecule has 3 N–H and O–H groups in total. The molecule has 0 radical (unpaired) electrons. The highest BCUT2D eigenvalue weighted by Crippen LogP contribution is 2.27. The van der Waals surface area contributed by atoms with Crippen LogP contribution in [0.5, 0.6) is 0 Å². The zero-order valence-electron chi connectivity index (χ0n) is 11.9. The minimum Gasteiger partial charge on any atom is -0.480 e. The zero-order valence-corrected chi connectivity index (χ0v) is 11.9. The standard InChI is InChI=1S/C17H16N2O3/c18-13-7-6-12-10-19(16(20)14(12)9-13)15(17(21)22)8-11-4-2-1-3-5-11/h1-7,9,15H,8,10,18H2,(H,21,22). The maximum atomic E-state index is 12.5. The molecule has 0 aliphatic carbocycles. The highest BCUT2D eigenvalue weighted by Gasteiger charge is 2.36. The second-order valence-electron chi connectivity index (χ2n) is 5.39. The summed E-state index contributed by atoms with van der Waals surface area (Å²) in [5, 5.41) is 9.53. The van der Waals surface area contributed by atoms with Gasteiger partial charge in [0.2, 0.25) is 0 Å². The van der Waals surface area contributed by atoms with Gasteiger partial charge in [-0.05, 0) is 23.3 Å². The molecule has 2 aromatic carbocycles. The molecule has 0 saturated heterocycles. The molecule has 0 fully saturated rings. The predicted octanol–water partition coefficient (Wildman–Crippen LogP) is 1.92. The number of amides is 1. The third-order valence-corrected chi connectivity index (χ3v) is 3.90. The molecule has 1 aliphatic heterocycles. The van der Waals surface area contributed by atoms with Crippen LogP contribution < -0.4 is 5.73 Å². The Morgan fingerprint density at radius 1 is 1.23 bits per heavy atom. The third kappa shape index (κ3) is 2.53. The number of aliphatic carboxylic acids is 1. The van der Waals surface area contributed by atoms with Crippen molar-refractivity contribution in [2.24, 2.45) is 0 Å². The number of nitrogen functional groups attached to an aromatic ring is 1. The van der Waals surface area contributed by atoms with Gasteiger partial charge in [0.25, 0.3) is 5.91 Å². The van der Waals surface area contributed by atoms with Crippen LogP contribution in [-0.4, -0.2) is 27.9 Å². The Morgan fingerprint density at radius 2 is 1.95 bits per heavy atom. The first-order valence-corrected chi connectivity index (χ1v) is 7.02. The van der Waals surface area contributed by atoms with Gasteiger partial charge in [-0.1, -0.05) is 36.4 Å². The number of carboxylic acid groups (broad SMARTS) is 1. The molecule has 1 unspecified atom stereocenters. The minimum atomic E-state index is -1.00. The number of fused-ring (bicyclic) bond motifs is 1. The molecule has 1 atom stereocenters. The fourth-order valence-electron chi connectivity index (χ4n) is 2.76. The molecule has 0 bridgehead atoms. The lowest BCUT2D eigenvalue weighted by molar-refractivity contribution is -0.142. The van der Waals surface area contributed by atoms with Gasteiger partial charge in [-0.15, -0.1) is 0 Å². The Hall–Kier alpha value is -2.82. The molecule has 1 heterocycles. The van der Waals surface area contributed by atoms with Crippen molar-refractivity contribution in [3.63, 3.8) is 0 Å². The maximum absolute atomic E-state index is 12.5. The number of benzene rings is 2. The van der Waals surface area contributed by atoms with Crippen LogP contribution in [0.2, 0.25) is 0 Å². The average Bonchev–Trinajstić information content (AvgIpc) is 2.82. The van der Waals surface area contributed by atoms with E-state index in [1.807, 2.05) is 30.3 Å². The van der Waals surface area contributed by atoms with Crippen molar-refractivity contribution in [1.82, 2.24) is 4.90 Å². The van der Waals surface area contributed by atoms with Crippen molar-refractivity contribution in [3.05, 3.63) is 65.2 Å². The van der Waals surface area contributed by atoms with Crippen LogP contribution in [0, 0.1) is 0 Å². The van der Waals surface area contributed by atoms with Crippen molar-refractivity contribution in [1.29, 1.82) is 0 Å². The van der Waals surface area contributed by atoms with Crippen molar-refractivity contribution >= 4 is 17.6 Å². The number of nitrogens with two attached hydrogens (primary N) is 1. The first-order chi connectivity index (χ1) is 10.6. The van der Waals surface area contributed by atoms with E-state index in [-0.39, 0.29) is 12.3 Å². The lowest BCUT2D eigenvalue weighted by Gasteiger charge is -2.24. The molecule has 1 amide bonds. The zero-order chi connectivity index (χ0) is 15.7. The number of hydrogen-bond donors (Lipinski definition) is 2. The molecular formula is C17H16N2O3. The maximum Gasteiger partial charge on any atom is 0.326 e. The number of anilines is 1. The van der Waals surface area contributed by atoms with Gasteiger partial charge in [-0.3, -0.25) is 4.79 Å². The summed E-state index contributed by atoms with van der Waals surface area (Å²) in [6.45, 7) is 0.304. The molecule has 0 aromatic heterocycles. The number of rotatable bonds is 4. The number of nitrogens with zero attached hydrogens (tertiary/aromatic N) is 1. The number of carbonyl (C=O) groups is 2. The highest BCUT2D eigenvalue weighted by atomic mass is 16.4. The summed E-state index contributed by atoms with van der Waals surface area (Å²) < 4.78 is 0. The molecule has 2 aromatic rings. The Kier molecular flexibility index (Phi) is 3.55. The van der Waals surface area contributed by atoms with Gasteiger partial charge in [-0.2, -0.15) is 0 Å². The summed E-state index contributed by atoms with van der Waals surface area (Å²) in [5.41, 5.74) is 8.42. The number of carbonyl (C=O) groups excluding carboxylic acids is 1. The fourth-order valence-corrected chi connectivity index (χ4v) is 2.76. The van der Waals surface area contributed by atoms with Crippen molar-refractivity contribution in [2.75, 3.05) is 5.73 Å². The molecular weight excluding hydrogens is 280 g/mol. The normalized spacial score (nSPS) is 14.7. The summed E-state index contributed by atoms with van der Waals surface area (Å²) in [5.74, 6) is -1.27. The summed E-state index contributed by atoms with van der Waals surface area (Å²) in [4.78, 5) is 25.5. The lowest BCUT2D eigenvalue weighted by atomic mass is 10.0. The molecule has 112 valence electrons. The molecule has 5 nitrogen and oxygen atoms in total. The highest BCUT2D eigenvalue weighted by molar-refractivity contribution is 6.01. The van der Waals surface area contributed by atoms with Crippen molar-refractivity contribution in [2.45, 2.75) is 19.0 Å². The van der Waals surface area contributed by atoms with Crippen molar-refractivity contribution in [3.8, 4) is 0 Å². The largest absolute Gasteiger partial charge is 0.480 e. The Labute approximate surface area is 128 Å². The van der Waals surface area contributed by atoms with Crippen LogP contribution in [0.25, 0.3) is 0 Å². The van der Waals surface area contributed by atoms with Crippen LogP contribution >= 0.6 is 0 Å². The smallest absolute Gasteiger partial charge is 0.326 e. The second-order valence-corrected chi connectivity index (χ2v) is 5.39. The molecule has 0 spiro atoms. The Bertz CT molecular complexity index is 728. The second kappa shape index (κ2) is 5.52. The van der Waals surface area contributed by atoms with Crippen LogP contribution in [0.15, 0.2) is 48.5 Å². The van der Waals surface area contributed by atoms with E-state index in [4.69, 9.17) is 5.73 Å². The third-order valence-electron chi connectivity index (χ3n) is 3.90. The van der Waals surface area contributed by atoms with Gasteiger partial charge in [0.1, 0.15) is 6.04 Å². The Morgan fingerprint density at radius 3 is 2.64 bits per heavy atom. The lowest BCUT2D eigenvalue weighted by Crippen LogP contribution is -2.42. The fraction of sp³-hybridized carbons (Fsp3) is 0.176. The molecule has 1 aliphatic rings. The molecule has 22 heavy (non-hydrogen) atoms. The van der Waals surface area contributed by atoms with Crippen LogP contribution in [-0.2, 0) is 17.8 Å². The van der Waals surface area contributed by atoms with Crippen molar-refractivity contribution < 1.29 is 14.7 Å². The monoisotopic (exact) mass is 296 g/mol. The van der Waals surface area contributed by atoms with E-state index >= 15 is 0 Å². The summed E-state index contributed by atoms with van der Waals surface area (Å²) >= 11 is 0. The quantitative estimate of drug-likeness (QED) is 0.844. The molecule has 3 rings (SSSR count). The van der Waals surface area contributed by atoms with Crippen LogP contribution in [0.4, 0.5) is 5.69 Å². The van der Waals surface area contributed by atoms with E-state index in [1.54, 1.807) is 18.2 Å². The summed E-state index contributed by atoms with van der Waals surface area (Å²) in [6, 6.07) is 13.5. The van der Waals surface area contributed by atoms with Gasteiger partial charge in [0.15, 0.2) is 0 Å². The van der Waals surface area contributed by atoms with Gasteiger partial charge < -0.3 is 15.7 Å². The molecule has 5 heteroatoms. The van der Waals surface area contributed by atoms with Gasteiger partial charge in [-0.25, -0.2) is 4.79 Å². The summed E-state index contributed by atoms with van der Waals surface area (Å²) in [6.07, 6.45) is 0.283. The topological polar surface area (TPSA) is 83.6 Å². The van der Waals surface area contributed by atoms with Gasteiger partial charge in [0, 0.05) is 24.2 Å². The minimum absolute atomic E-state index is 0.273. The predicted molar refractivity (Wildman–Crippen MR) is 82.3 cm³/mol. The van der Waals surface area contributed by atoms with Gasteiger partial charge >= 0.3 is 5.97 Å². The first-order valence-electron chi connectivity index (χ1n) is 7.02. The van der Waals surface area contributed by atoms with E-state index < -0.39 is 12.0 Å². The van der Waals surface area contributed by atoms with Crippen LogP contribution in [0.1, 0.15) is 21.5 Å². The van der Waals surface area contributed by atoms with E-state index in [9.17, 15) is 14.7 Å². The number of hydrogen-bond acceptors (Lipinski definition) is 3. The molecule has 0 saturated carbocycles. The van der Waals surface area contributed by atoms with E-state index in [1.165, 1.54) is 4.90 Å². The Balaban J connectivity index is 1.88. The average molecular weight is 296 g/mol. The van der Waals surface area contributed by atoms with E-state index in [0.717, 1.165) is 11.1 Å². The number of carboxylic acids is 1. The first kappa shape index (κ1) is 14.1. The van der Waals surface area contributed by atoms with Gasteiger partial charge in [0.05, 0.1) is 0 Å². The van der Waals surface area contributed by atoms with E-state index in [2.05, 4.69) is 0 Å². The van der Waals surface area contributed by atoms with E-state index in [0.29, 0.717) is 17.8 Å². The SMILES string of the molecule is Nc1ccc2c(c1)C(=O)N(C(Cc1ccccc1)C(=O)O)C2.